The first-order valence-electron chi connectivity index (χ1n) is 6.14. The maximum absolute atomic E-state index is 11.6. The molecule has 0 aromatic heterocycles. The number of likely N-dealkylation sites (tertiary alicyclic amines) is 1. The number of amides is 1. The average molecular weight is 315 g/mol. The van der Waals surface area contributed by atoms with E-state index in [9.17, 15) is 18.0 Å². The Balaban J connectivity index is 0.000000383. The SMILES string of the molecule is CS(=O)(=O)O.O=C(O)C1CC(=O)N(Cc2ccccc2)C1. The van der Waals surface area contributed by atoms with Gasteiger partial charge in [0.25, 0.3) is 10.1 Å². The first kappa shape index (κ1) is 17.1. The van der Waals surface area contributed by atoms with Crippen LogP contribution in [0.1, 0.15) is 12.0 Å². The van der Waals surface area contributed by atoms with Gasteiger partial charge in [-0.3, -0.25) is 14.1 Å². The molecular weight excluding hydrogens is 298 g/mol. The van der Waals surface area contributed by atoms with Crippen molar-refractivity contribution in [1.29, 1.82) is 0 Å². The van der Waals surface area contributed by atoms with Crippen LogP contribution in [0, 0.1) is 5.92 Å². The topological polar surface area (TPSA) is 112 Å². The molecule has 1 heterocycles. The minimum absolute atomic E-state index is 0.0729. The van der Waals surface area contributed by atoms with Gasteiger partial charge in [0.05, 0.1) is 12.2 Å². The number of aliphatic carboxylic acids is 1. The van der Waals surface area contributed by atoms with E-state index in [0.29, 0.717) is 19.3 Å². The van der Waals surface area contributed by atoms with Gasteiger partial charge in [0.1, 0.15) is 0 Å². The third-order valence-corrected chi connectivity index (χ3v) is 2.78. The van der Waals surface area contributed by atoms with E-state index in [0.717, 1.165) is 5.56 Å². The normalized spacial score (nSPS) is 18.1. The molecule has 1 unspecified atom stereocenters. The molecular formula is C13H17NO6S. The molecule has 1 amide bonds. The lowest BCUT2D eigenvalue weighted by molar-refractivity contribution is -0.141. The van der Waals surface area contributed by atoms with E-state index in [4.69, 9.17) is 9.66 Å². The van der Waals surface area contributed by atoms with Gasteiger partial charge in [-0.25, -0.2) is 0 Å². The van der Waals surface area contributed by atoms with Crippen molar-refractivity contribution in [3.8, 4) is 0 Å². The summed E-state index contributed by atoms with van der Waals surface area (Å²) in [6.07, 6.45) is 0.842. The van der Waals surface area contributed by atoms with Crippen LogP contribution >= 0.6 is 0 Å². The standard InChI is InChI=1S/C12H13NO3.CH4O3S/c14-11-6-10(12(15)16)8-13(11)7-9-4-2-1-3-5-9;1-5(2,3)4/h1-5,10H,6-8H2,(H,15,16);1H3,(H,2,3,4). The van der Waals surface area contributed by atoms with Gasteiger partial charge in [0.15, 0.2) is 0 Å². The molecule has 2 N–H and O–H groups in total. The maximum atomic E-state index is 11.6. The van der Waals surface area contributed by atoms with Gasteiger partial charge in [-0.05, 0) is 5.56 Å². The Morgan fingerprint density at radius 1 is 1.33 bits per heavy atom. The van der Waals surface area contributed by atoms with Gasteiger partial charge < -0.3 is 10.0 Å². The lowest BCUT2D eigenvalue weighted by Crippen LogP contribution is -2.25. The average Bonchev–Trinajstić information content (AvgIpc) is 2.70. The fraction of sp³-hybridized carbons (Fsp3) is 0.385. The Labute approximate surface area is 122 Å². The number of hydrogen-bond acceptors (Lipinski definition) is 4. The van der Waals surface area contributed by atoms with Gasteiger partial charge in [-0.2, -0.15) is 8.42 Å². The van der Waals surface area contributed by atoms with Crippen LogP contribution in [0.15, 0.2) is 30.3 Å². The summed E-state index contributed by atoms with van der Waals surface area (Å²) in [5.74, 6) is -1.50. The van der Waals surface area contributed by atoms with Crippen LogP contribution in [0.2, 0.25) is 0 Å². The predicted octanol–water partition coefficient (Wildman–Crippen LogP) is 0.624. The Morgan fingerprint density at radius 2 is 1.86 bits per heavy atom. The van der Waals surface area contributed by atoms with Gasteiger partial charge >= 0.3 is 5.97 Å². The van der Waals surface area contributed by atoms with Crippen LogP contribution in [0.25, 0.3) is 0 Å². The molecule has 1 fully saturated rings. The highest BCUT2D eigenvalue weighted by Crippen LogP contribution is 2.20. The minimum Gasteiger partial charge on any atom is -0.481 e. The summed E-state index contributed by atoms with van der Waals surface area (Å²) < 4.78 is 25.9. The monoisotopic (exact) mass is 315 g/mol. The highest BCUT2D eigenvalue weighted by molar-refractivity contribution is 7.85. The zero-order valence-corrected chi connectivity index (χ0v) is 12.3. The summed E-state index contributed by atoms with van der Waals surface area (Å²) in [4.78, 5) is 23.9. The minimum atomic E-state index is -3.67. The molecule has 2 rings (SSSR count). The summed E-state index contributed by atoms with van der Waals surface area (Å²) in [7, 11) is -3.67. The molecule has 1 aromatic rings. The van der Waals surface area contributed by atoms with Gasteiger partial charge in [0, 0.05) is 19.5 Å². The van der Waals surface area contributed by atoms with Crippen molar-refractivity contribution < 1.29 is 27.7 Å². The van der Waals surface area contributed by atoms with Crippen LogP contribution < -0.4 is 0 Å². The van der Waals surface area contributed by atoms with E-state index in [-0.39, 0.29) is 12.3 Å². The number of carboxylic acid groups (broad SMARTS) is 1. The van der Waals surface area contributed by atoms with Crippen molar-refractivity contribution >= 4 is 22.0 Å². The number of carbonyl (C=O) groups is 2. The number of benzene rings is 1. The molecule has 1 aliphatic rings. The summed E-state index contributed by atoms with van der Waals surface area (Å²) in [5, 5.41) is 8.84. The lowest BCUT2D eigenvalue weighted by atomic mass is 10.1. The predicted molar refractivity (Wildman–Crippen MR) is 75.1 cm³/mol. The molecule has 0 spiro atoms. The molecule has 1 aliphatic heterocycles. The highest BCUT2D eigenvalue weighted by Gasteiger charge is 2.33. The Morgan fingerprint density at radius 3 is 2.29 bits per heavy atom. The van der Waals surface area contributed by atoms with E-state index >= 15 is 0 Å². The van der Waals surface area contributed by atoms with E-state index in [1.807, 2.05) is 30.3 Å². The van der Waals surface area contributed by atoms with E-state index in [1.54, 1.807) is 4.90 Å². The van der Waals surface area contributed by atoms with Crippen LogP contribution in [0.3, 0.4) is 0 Å². The molecule has 1 aromatic carbocycles. The van der Waals surface area contributed by atoms with Crippen molar-refractivity contribution in [3.05, 3.63) is 35.9 Å². The Hall–Kier alpha value is -1.93. The molecule has 0 saturated carbocycles. The largest absolute Gasteiger partial charge is 0.481 e. The molecule has 21 heavy (non-hydrogen) atoms. The zero-order chi connectivity index (χ0) is 16.0. The number of nitrogens with zero attached hydrogens (tertiary/aromatic N) is 1. The summed E-state index contributed by atoms with van der Waals surface area (Å²) >= 11 is 0. The summed E-state index contributed by atoms with van der Waals surface area (Å²) in [6, 6.07) is 9.59. The van der Waals surface area contributed by atoms with E-state index in [2.05, 4.69) is 0 Å². The van der Waals surface area contributed by atoms with Crippen LogP contribution in [0.5, 0.6) is 0 Å². The third-order valence-electron chi connectivity index (χ3n) is 2.78. The fourth-order valence-corrected chi connectivity index (χ4v) is 1.89. The molecule has 0 bridgehead atoms. The zero-order valence-electron chi connectivity index (χ0n) is 11.5. The molecule has 0 radical (unpaired) electrons. The molecule has 7 nitrogen and oxygen atoms in total. The smallest absolute Gasteiger partial charge is 0.308 e. The first-order chi connectivity index (χ1) is 9.66. The van der Waals surface area contributed by atoms with Crippen molar-refractivity contribution in [2.45, 2.75) is 13.0 Å². The highest BCUT2D eigenvalue weighted by atomic mass is 32.2. The van der Waals surface area contributed by atoms with Crippen LogP contribution in [-0.2, 0) is 26.3 Å². The summed E-state index contributed by atoms with van der Waals surface area (Å²) in [5.41, 5.74) is 1.03. The van der Waals surface area contributed by atoms with Gasteiger partial charge in [-0.1, -0.05) is 30.3 Å². The lowest BCUT2D eigenvalue weighted by Gasteiger charge is -2.15. The van der Waals surface area contributed by atoms with Crippen molar-refractivity contribution in [1.82, 2.24) is 4.90 Å². The first-order valence-corrected chi connectivity index (χ1v) is 7.98. The van der Waals surface area contributed by atoms with Crippen molar-refractivity contribution in [3.63, 3.8) is 0 Å². The van der Waals surface area contributed by atoms with Crippen molar-refractivity contribution in [2.75, 3.05) is 12.8 Å². The van der Waals surface area contributed by atoms with Crippen molar-refractivity contribution in [2.24, 2.45) is 5.92 Å². The second kappa shape index (κ2) is 7.19. The van der Waals surface area contributed by atoms with Crippen LogP contribution in [0.4, 0.5) is 0 Å². The molecule has 8 heteroatoms. The maximum Gasteiger partial charge on any atom is 0.308 e. The van der Waals surface area contributed by atoms with E-state index in [1.165, 1.54) is 0 Å². The van der Waals surface area contributed by atoms with E-state index < -0.39 is 22.0 Å². The second-order valence-electron chi connectivity index (χ2n) is 4.73. The fourth-order valence-electron chi connectivity index (χ4n) is 1.89. The third kappa shape index (κ3) is 6.87. The number of carboxylic acids is 1. The Kier molecular flexibility index (Phi) is 5.86. The van der Waals surface area contributed by atoms with Gasteiger partial charge in [-0.15, -0.1) is 0 Å². The number of hydrogen-bond donors (Lipinski definition) is 2. The molecule has 0 aliphatic carbocycles. The number of carbonyl (C=O) groups excluding carboxylic acids is 1. The quantitative estimate of drug-likeness (QED) is 0.791. The second-order valence-corrected chi connectivity index (χ2v) is 6.20. The van der Waals surface area contributed by atoms with Gasteiger partial charge in [0.2, 0.25) is 5.91 Å². The molecule has 1 atom stereocenters. The molecule has 1 saturated heterocycles. The number of rotatable bonds is 3. The Bertz CT molecular complexity index is 590. The molecule has 116 valence electrons. The van der Waals surface area contributed by atoms with Crippen LogP contribution in [-0.4, -0.2) is 47.7 Å². The summed E-state index contributed by atoms with van der Waals surface area (Å²) in [6.45, 7) is 0.826.